The molecule has 0 bridgehead atoms. The third-order valence-corrected chi connectivity index (χ3v) is 2.40. The van der Waals surface area contributed by atoms with E-state index in [9.17, 15) is 9.59 Å². The number of nitrogens with zero attached hydrogens (tertiary/aromatic N) is 1. The van der Waals surface area contributed by atoms with E-state index in [2.05, 4.69) is 4.98 Å². The minimum Gasteiger partial charge on any atom is -0.496 e. The minimum absolute atomic E-state index is 0.310. The number of fused-ring (bicyclic) bond motifs is 1. The van der Waals surface area contributed by atoms with Crippen LogP contribution in [0.2, 0.25) is 0 Å². The van der Waals surface area contributed by atoms with Crippen LogP contribution >= 0.6 is 0 Å². The van der Waals surface area contributed by atoms with Crippen molar-refractivity contribution in [2.75, 3.05) is 7.11 Å². The lowest BCUT2D eigenvalue weighted by atomic mass is 9.91. The molecule has 0 aliphatic heterocycles. The molecular weight excluding hydrogens is 194 g/mol. The van der Waals surface area contributed by atoms with Crippen LogP contribution in [0, 0.1) is 0 Å². The Morgan fingerprint density at radius 1 is 1.20 bits per heavy atom. The minimum atomic E-state index is -0.521. The van der Waals surface area contributed by atoms with Crippen LogP contribution in [0.25, 0.3) is 5.76 Å². The quantitative estimate of drug-likeness (QED) is 0.644. The number of carbonyl (C=O) groups is 2. The van der Waals surface area contributed by atoms with Gasteiger partial charge >= 0.3 is 0 Å². The van der Waals surface area contributed by atoms with Crippen molar-refractivity contribution in [1.29, 1.82) is 0 Å². The predicted octanol–water partition coefficient (Wildman–Crippen LogP) is 1.22. The molecule has 0 fully saturated rings. The standard InChI is InChI=1S/C11H9NO3/c1-6-9(13)10(14)8-5-12-4-3-7(8)11(6)15-2/h3-5H,1-2H3. The number of hydrogen-bond donors (Lipinski definition) is 0. The maximum atomic E-state index is 11.6. The average Bonchev–Trinajstić information content (AvgIpc) is 2.27. The highest BCUT2D eigenvalue weighted by Crippen LogP contribution is 2.28. The number of Topliss-reactive ketones (excluding diaryl/α,β-unsaturated/α-hetero) is 2. The van der Waals surface area contributed by atoms with Crippen LogP contribution in [0.3, 0.4) is 0 Å². The number of ether oxygens (including phenoxy) is 1. The molecule has 0 aromatic carbocycles. The third-order valence-electron chi connectivity index (χ3n) is 2.40. The largest absolute Gasteiger partial charge is 0.496 e. The summed E-state index contributed by atoms with van der Waals surface area (Å²) in [4.78, 5) is 27.0. The van der Waals surface area contributed by atoms with E-state index < -0.39 is 11.6 Å². The lowest BCUT2D eigenvalue weighted by molar-refractivity contribution is -0.111. The van der Waals surface area contributed by atoms with Crippen molar-refractivity contribution in [2.24, 2.45) is 0 Å². The number of allylic oxidation sites excluding steroid dienone is 1. The number of carbonyl (C=O) groups excluding carboxylic acids is 2. The summed E-state index contributed by atoms with van der Waals surface area (Å²) in [5, 5.41) is 0. The lowest BCUT2D eigenvalue weighted by Gasteiger charge is -2.17. The van der Waals surface area contributed by atoms with Crippen molar-refractivity contribution >= 4 is 17.3 Å². The van der Waals surface area contributed by atoms with Crippen LogP contribution in [0.1, 0.15) is 22.8 Å². The van der Waals surface area contributed by atoms with Gasteiger partial charge in [-0.15, -0.1) is 0 Å². The summed E-state index contributed by atoms with van der Waals surface area (Å²) in [6, 6.07) is 1.67. The molecule has 1 aliphatic rings. The fourth-order valence-electron chi connectivity index (χ4n) is 1.63. The summed E-state index contributed by atoms with van der Waals surface area (Å²) in [5.74, 6) is -0.583. The molecule has 0 atom stereocenters. The monoisotopic (exact) mass is 203 g/mol. The van der Waals surface area contributed by atoms with Gasteiger partial charge in [-0.2, -0.15) is 0 Å². The van der Waals surface area contributed by atoms with Gasteiger partial charge in [0.15, 0.2) is 0 Å². The maximum absolute atomic E-state index is 11.6. The normalized spacial score (nSPS) is 15.3. The van der Waals surface area contributed by atoms with Gasteiger partial charge in [0, 0.05) is 23.5 Å². The summed E-state index contributed by atoms with van der Waals surface area (Å²) in [6.45, 7) is 1.59. The number of methoxy groups -OCH3 is 1. The smallest absolute Gasteiger partial charge is 0.235 e. The third kappa shape index (κ3) is 1.26. The molecule has 4 nitrogen and oxygen atoms in total. The first kappa shape index (κ1) is 9.58. The highest BCUT2D eigenvalue weighted by molar-refractivity contribution is 6.52. The SMILES string of the molecule is COC1=C(C)C(=O)C(=O)c2cnccc21. The van der Waals surface area contributed by atoms with E-state index in [-0.39, 0.29) is 0 Å². The van der Waals surface area contributed by atoms with Gasteiger partial charge in [0.1, 0.15) is 5.76 Å². The molecule has 0 N–H and O–H groups in total. The number of hydrogen-bond acceptors (Lipinski definition) is 4. The fraction of sp³-hybridized carbons (Fsp3) is 0.182. The Bertz CT molecular complexity index is 488. The zero-order valence-corrected chi connectivity index (χ0v) is 8.40. The second-order valence-electron chi connectivity index (χ2n) is 3.24. The van der Waals surface area contributed by atoms with Gasteiger partial charge in [0.05, 0.1) is 12.7 Å². The molecule has 76 valence electrons. The van der Waals surface area contributed by atoms with Crippen LogP contribution in [0.15, 0.2) is 24.0 Å². The zero-order valence-electron chi connectivity index (χ0n) is 8.40. The Kier molecular flexibility index (Phi) is 2.11. The molecule has 1 aromatic rings. The Morgan fingerprint density at radius 3 is 2.60 bits per heavy atom. The van der Waals surface area contributed by atoms with E-state index >= 15 is 0 Å². The van der Waals surface area contributed by atoms with Crippen LogP contribution < -0.4 is 0 Å². The van der Waals surface area contributed by atoms with Gasteiger partial charge < -0.3 is 4.74 Å². The van der Waals surface area contributed by atoms with E-state index in [1.165, 1.54) is 13.3 Å². The summed E-state index contributed by atoms with van der Waals surface area (Å²) in [7, 11) is 1.48. The number of pyridine rings is 1. The molecule has 4 heteroatoms. The predicted molar refractivity (Wildman–Crippen MR) is 53.2 cm³/mol. The number of rotatable bonds is 1. The Morgan fingerprint density at radius 2 is 1.93 bits per heavy atom. The molecule has 0 unspecified atom stereocenters. The topological polar surface area (TPSA) is 56.3 Å². The molecule has 2 rings (SSSR count). The van der Waals surface area contributed by atoms with Crippen LogP contribution in [0.4, 0.5) is 0 Å². The van der Waals surface area contributed by atoms with E-state index in [0.29, 0.717) is 22.5 Å². The first-order chi connectivity index (χ1) is 7.16. The van der Waals surface area contributed by atoms with Crippen molar-refractivity contribution in [3.63, 3.8) is 0 Å². The van der Waals surface area contributed by atoms with E-state index in [0.717, 1.165) is 0 Å². The van der Waals surface area contributed by atoms with Crippen LogP contribution in [-0.2, 0) is 9.53 Å². The second kappa shape index (κ2) is 3.31. The molecule has 1 aliphatic carbocycles. The first-order valence-corrected chi connectivity index (χ1v) is 4.45. The van der Waals surface area contributed by atoms with E-state index in [1.54, 1.807) is 19.2 Å². The molecule has 0 amide bonds. The molecule has 0 spiro atoms. The summed E-state index contributed by atoms with van der Waals surface area (Å²) >= 11 is 0. The highest BCUT2D eigenvalue weighted by atomic mass is 16.5. The van der Waals surface area contributed by atoms with Crippen LogP contribution in [0.5, 0.6) is 0 Å². The highest BCUT2D eigenvalue weighted by Gasteiger charge is 2.30. The molecule has 0 saturated carbocycles. The molecule has 15 heavy (non-hydrogen) atoms. The fourth-order valence-corrected chi connectivity index (χ4v) is 1.63. The Labute approximate surface area is 86.6 Å². The Hall–Kier alpha value is -1.97. The molecule has 1 aromatic heterocycles. The van der Waals surface area contributed by atoms with Crippen molar-refractivity contribution in [3.8, 4) is 0 Å². The molecular formula is C11H9NO3. The van der Waals surface area contributed by atoms with Gasteiger partial charge in [-0.3, -0.25) is 14.6 Å². The first-order valence-electron chi connectivity index (χ1n) is 4.45. The summed E-state index contributed by atoms with van der Waals surface area (Å²) in [5.41, 5.74) is 1.29. The number of aromatic nitrogens is 1. The summed E-state index contributed by atoms with van der Waals surface area (Å²) in [6.07, 6.45) is 2.95. The molecule has 0 saturated heterocycles. The van der Waals surface area contributed by atoms with Crippen molar-refractivity contribution in [1.82, 2.24) is 4.98 Å². The van der Waals surface area contributed by atoms with E-state index in [4.69, 9.17) is 4.74 Å². The van der Waals surface area contributed by atoms with E-state index in [1.807, 2.05) is 0 Å². The van der Waals surface area contributed by atoms with Gasteiger partial charge in [0.2, 0.25) is 11.6 Å². The molecule has 0 radical (unpaired) electrons. The summed E-state index contributed by atoms with van der Waals surface area (Å²) < 4.78 is 5.13. The average molecular weight is 203 g/mol. The van der Waals surface area contributed by atoms with Crippen molar-refractivity contribution in [2.45, 2.75) is 6.92 Å². The van der Waals surface area contributed by atoms with Gasteiger partial charge in [0.25, 0.3) is 0 Å². The van der Waals surface area contributed by atoms with Crippen molar-refractivity contribution < 1.29 is 14.3 Å². The zero-order chi connectivity index (χ0) is 11.0. The maximum Gasteiger partial charge on any atom is 0.235 e. The van der Waals surface area contributed by atoms with Crippen LogP contribution in [-0.4, -0.2) is 23.7 Å². The lowest BCUT2D eigenvalue weighted by Crippen LogP contribution is -2.23. The Balaban J connectivity index is 2.75. The number of ketones is 2. The second-order valence-corrected chi connectivity index (χ2v) is 3.24. The van der Waals surface area contributed by atoms with Gasteiger partial charge in [-0.05, 0) is 13.0 Å². The van der Waals surface area contributed by atoms with Gasteiger partial charge in [-0.25, -0.2) is 0 Å². The van der Waals surface area contributed by atoms with Crippen molar-refractivity contribution in [3.05, 3.63) is 35.2 Å². The van der Waals surface area contributed by atoms with Gasteiger partial charge in [-0.1, -0.05) is 0 Å². The molecule has 1 heterocycles.